The van der Waals surface area contributed by atoms with Gasteiger partial charge < -0.3 is 9.72 Å². The molecule has 0 saturated carbocycles. The highest BCUT2D eigenvalue weighted by Gasteiger charge is 2.16. The van der Waals surface area contributed by atoms with Crippen molar-refractivity contribution >= 4 is 23.4 Å². The van der Waals surface area contributed by atoms with Crippen LogP contribution in [0.1, 0.15) is 11.1 Å². The Morgan fingerprint density at radius 1 is 1.38 bits per heavy atom. The molecule has 0 atom stereocenters. The minimum absolute atomic E-state index is 0.479. The second-order valence-corrected chi connectivity index (χ2v) is 4.95. The summed E-state index contributed by atoms with van der Waals surface area (Å²) in [5.74, 6) is 0.578. The molecule has 0 aliphatic heterocycles. The number of fused-ring (bicyclic) bond motifs is 1. The van der Waals surface area contributed by atoms with Crippen molar-refractivity contribution in [1.29, 1.82) is 5.26 Å². The molecule has 6 heteroatoms. The van der Waals surface area contributed by atoms with Crippen LogP contribution in [-0.2, 0) is 0 Å². The van der Waals surface area contributed by atoms with E-state index in [1.54, 1.807) is 36.1 Å². The molecule has 0 saturated heterocycles. The van der Waals surface area contributed by atoms with Gasteiger partial charge >= 0.3 is 0 Å². The normalized spacial score (nSPS) is 10.5. The van der Waals surface area contributed by atoms with Crippen LogP contribution in [0.2, 0.25) is 0 Å². The summed E-state index contributed by atoms with van der Waals surface area (Å²) < 4.78 is 7.61. The van der Waals surface area contributed by atoms with E-state index < -0.39 is 0 Å². The minimum Gasteiger partial charge on any atom is -0.495 e. The fourth-order valence-corrected chi connectivity index (χ4v) is 2.62. The number of rotatable bonds is 2. The summed E-state index contributed by atoms with van der Waals surface area (Å²) in [6.45, 7) is 1.98. The lowest BCUT2D eigenvalue weighted by atomic mass is 10.1. The Bertz CT molecular complexity index is 933. The fraction of sp³-hybridized carbons (Fsp3) is 0.133. The summed E-state index contributed by atoms with van der Waals surface area (Å²) in [7, 11) is 1.57. The number of para-hydroxylation sites is 1. The fourth-order valence-electron chi connectivity index (χ4n) is 2.34. The molecule has 0 unspecified atom stereocenters. The van der Waals surface area contributed by atoms with E-state index in [4.69, 9.17) is 17.0 Å². The summed E-state index contributed by atoms with van der Waals surface area (Å²) >= 11 is 5.41. The van der Waals surface area contributed by atoms with Crippen molar-refractivity contribution in [2.24, 2.45) is 0 Å². The van der Waals surface area contributed by atoms with E-state index in [1.807, 2.05) is 13.0 Å². The van der Waals surface area contributed by atoms with Gasteiger partial charge in [-0.05, 0) is 42.9 Å². The first-order valence-electron chi connectivity index (χ1n) is 6.31. The van der Waals surface area contributed by atoms with Crippen molar-refractivity contribution in [3.63, 3.8) is 0 Å². The van der Waals surface area contributed by atoms with Gasteiger partial charge in [0.05, 0.1) is 18.2 Å². The van der Waals surface area contributed by atoms with E-state index in [0.717, 1.165) is 11.1 Å². The third kappa shape index (κ3) is 1.99. The number of aryl methyl sites for hydroxylation is 1. The number of aromatic nitrogens is 3. The highest BCUT2D eigenvalue weighted by Crippen LogP contribution is 2.30. The van der Waals surface area contributed by atoms with Crippen LogP contribution in [0.3, 0.4) is 0 Å². The number of methoxy groups -OCH3 is 1. The Morgan fingerprint density at radius 2 is 2.19 bits per heavy atom. The third-order valence-corrected chi connectivity index (χ3v) is 3.63. The summed E-state index contributed by atoms with van der Waals surface area (Å²) in [5, 5.41) is 9.37. The number of H-pyrrole nitrogens is 1. The molecule has 0 aliphatic rings. The summed E-state index contributed by atoms with van der Waals surface area (Å²) in [6, 6.07) is 9.39. The zero-order chi connectivity index (χ0) is 15.0. The van der Waals surface area contributed by atoms with E-state index in [0.29, 0.717) is 27.4 Å². The van der Waals surface area contributed by atoms with Crippen molar-refractivity contribution in [3.05, 3.63) is 46.4 Å². The smallest absolute Gasteiger partial charge is 0.184 e. The maximum absolute atomic E-state index is 9.37. The zero-order valence-electron chi connectivity index (χ0n) is 11.5. The van der Waals surface area contributed by atoms with Crippen LogP contribution < -0.4 is 4.74 Å². The molecule has 0 fully saturated rings. The van der Waals surface area contributed by atoms with Gasteiger partial charge in [0.2, 0.25) is 0 Å². The highest BCUT2D eigenvalue weighted by atomic mass is 32.1. The number of aromatic amines is 1. The van der Waals surface area contributed by atoms with Crippen molar-refractivity contribution in [1.82, 2.24) is 14.5 Å². The number of imidazole rings is 1. The number of pyridine rings is 1. The molecule has 0 aliphatic carbocycles. The minimum atomic E-state index is 0.479. The zero-order valence-corrected chi connectivity index (χ0v) is 12.4. The molecule has 104 valence electrons. The van der Waals surface area contributed by atoms with E-state index in [1.165, 1.54) is 0 Å². The first-order valence-corrected chi connectivity index (χ1v) is 6.72. The Kier molecular flexibility index (Phi) is 3.20. The van der Waals surface area contributed by atoms with Crippen LogP contribution >= 0.6 is 12.2 Å². The van der Waals surface area contributed by atoms with Gasteiger partial charge in [-0.25, -0.2) is 4.98 Å². The average molecular weight is 296 g/mol. The molecule has 2 heterocycles. The Morgan fingerprint density at radius 3 is 2.90 bits per heavy atom. The molecule has 2 aromatic heterocycles. The largest absolute Gasteiger partial charge is 0.495 e. The molecule has 21 heavy (non-hydrogen) atoms. The molecule has 1 aromatic carbocycles. The molecule has 5 nitrogen and oxygen atoms in total. The molecule has 3 aromatic rings. The topological polar surface area (TPSA) is 66.6 Å². The van der Waals surface area contributed by atoms with E-state index in [9.17, 15) is 5.26 Å². The molecule has 3 rings (SSSR count). The molecule has 0 radical (unpaired) electrons. The predicted molar refractivity (Wildman–Crippen MR) is 82.3 cm³/mol. The van der Waals surface area contributed by atoms with Gasteiger partial charge in [-0.3, -0.25) is 4.57 Å². The van der Waals surface area contributed by atoms with Gasteiger partial charge in [-0.15, -0.1) is 0 Å². The number of ether oxygens (including phenoxy) is 1. The van der Waals surface area contributed by atoms with Crippen molar-refractivity contribution in [2.45, 2.75) is 6.92 Å². The summed E-state index contributed by atoms with van der Waals surface area (Å²) in [5.41, 5.74) is 3.67. The van der Waals surface area contributed by atoms with Crippen molar-refractivity contribution < 1.29 is 4.74 Å². The summed E-state index contributed by atoms with van der Waals surface area (Å²) in [6.07, 6.45) is 1.72. The van der Waals surface area contributed by atoms with Crippen LogP contribution in [0.15, 0.2) is 30.5 Å². The number of nitrogens with zero attached hydrogens (tertiary/aromatic N) is 3. The highest BCUT2D eigenvalue weighted by molar-refractivity contribution is 7.71. The van der Waals surface area contributed by atoms with E-state index in [2.05, 4.69) is 16.0 Å². The van der Waals surface area contributed by atoms with Gasteiger partial charge in [0, 0.05) is 6.20 Å². The Labute approximate surface area is 126 Å². The molecule has 1 N–H and O–H groups in total. The molecular weight excluding hydrogens is 284 g/mol. The average Bonchev–Trinajstić information content (AvgIpc) is 2.83. The first-order chi connectivity index (χ1) is 10.2. The molecule has 0 spiro atoms. The van der Waals surface area contributed by atoms with Gasteiger partial charge in [-0.1, -0.05) is 6.07 Å². The van der Waals surface area contributed by atoms with Crippen LogP contribution in [-0.4, -0.2) is 21.6 Å². The Balaban J connectivity index is 2.48. The van der Waals surface area contributed by atoms with Crippen LogP contribution in [0.5, 0.6) is 5.75 Å². The quantitative estimate of drug-likeness (QED) is 0.737. The van der Waals surface area contributed by atoms with Crippen LogP contribution in [0.25, 0.3) is 16.9 Å². The van der Waals surface area contributed by atoms with Gasteiger partial charge in [0.15, 0.2) is 10.4 Å². The lowest BCUT2D eigenvalue weighted by Crippen LogP contribution is -2.02. The van der Waals surface area contributed by atoms with Gasteiger partial charge in [-0.2, -0.15) is 5.26 Å². The number of benzene rings is 1. The number of hydrogen-bond donors (Lipinski definition) is 1. The Hall–Kier alpha value is -2.65. The molecular formula is C15H12N4OS. The first kappa shape index (κ1) is 13.3. The number of hydrogen-bond acceptors (Lipinski definition) is 4. The second-order valence-electron chi connectivity index (χ2n) is 4.56. The second kappa shape index (κ2) is 5.04. The molecule has 0 bridgehead atoms. The third-order valence-electron chi connectivity index (χ3n) is 3.35. The predicted octanol–water partition coefficient (Wildman–Crippen LogP) is 3.27. The monoisotopic (exact) mass is 296 g/mol. The standard InChI is InChI=1S/C15H12N4OS/c1-9-6-7-17-14-12(9)18-15(21)19(14)13-10(8-16)4-3-5-11(13)20-2/h3-7H,1-2H3,(H,18,21). The molecule has 0 amide bonds. The number of nitriles is 1. The van der Waals surface area contributed by atoms with E-state index >= 15 is 0 Å². The van der Waals surface area contributed by atoms with Crippen molar-refractivity contribution in [3.8, 4) is 17.5 Å². The van der Waals surface area contributed by atoms with Crippen LogP contribution in [0.4, 0.5) is 0 Å². The van der Waals surface area contributed by atoms with Gasteiger partial charge in [0.25, 0.3) is 0 Å². The lowest BCUT2D eigenvalue weighted by Gasteiger charge is -2.11. The van der Waals surface area contributed by atoms with Gasteiger partial charge in [0.1, 0.15) is 17.5 Å². The van der Waals surface area contributed by atoms with E-state index in [-0.39, 0.29) is 0 Å². The summed E-state index contributed by atoms with van der Waals surface area (Å²) in [4.78, 5) is 7.54. The number of nitrogens with one attached hydrogen (secondary N) is 1. The SMILES string of the molecule is COc1cccc(C#N)c1-n1c(=S)[nH]c2c(C)ccnc21. The lowest BCUT2D eigenvalue weighted by molar-refractivity contribution is 0.413. The van der Waals surface area contributed by atoms with Crippen molar-refractivity contribution in [2.75, 3.05) is 7.11 Å². The van der Waals surface area contributed by atoms with Crippen LogP contribution in [0, 0.1) is 23.0 Å². The maximum Gasteiger partial charge on any atom is 0.184 e. The maximum atomic E-state index is 9.37.